The first-order chi connectivity index (χ1) is 9.63. The Balaban J connectivity index is 2.09. The van der Waals surface area contributed by atoms with E-state index in [1.165, 1.54) is 0 Å². The quantitative estimate of drug-likeness (QED) is 0.871. The van der Waals surface area contributed by atoms with Crippen LogP contribution in [0.1, 0.15) is 37.0 Å². The van der Waals surface area contributed by atoms with Crippen molar-refractivity contribution in [1.82, 2.24) is 10.1 Å². The van der Waals surface area contributed by atoms with Crippen molar-refractivity contribution in [3.63, 3.8) is 0 Å². The molecule has 0 unspecified atom stereocenters. The summed E-state index contributed by atoms with van der Waals surface area (Å²) in [6.07, 6.45) is 0. The van der Waals surface area contributed by atoms with Crippen LogP contribution in [-0.4, -0.2) is 17.3 Å². The minimum absolute atomic E-state index is 0.202. The maximum atomic E-state index is 5.70. The Morgan fingerprint density at radius 2 is 2.15 bits per heavy atom. The van der Waals surface area contributed by atoms with Gasteiger partial charge in [-0.3, -0.25) is 0 Å². The largest absolute Gasteiger partial charge is 0.497 e. The van der Waals surface area contributed by atoms with Gasteiger partial charge in [-0.05, 0) is 6.07 Å². The van der Waals surface area contributed by atoms with E-state index in [-0.39, 0.29) is 12.5 Å². The van der Waals surface area contributed by atoms with Gasteiger partial charge < -0.3 is 19.7 Å². The predicted molar refractivity (Wildman–Crippen MR) is 73.6 cm³/mol. The molecule has 2 aromatic rings. The molecule has 0 aliphatic rings. The topological polar surface area (TPSA) is 83.4 Å². The third-order valence-electron chi connectivity index (χ3n) is 2.83. The third kappa shape index (κ3) is 3.27. The smallest absolute Gasteiger partial charge is 0.229 e. The van der Waals surface area contributed by atoms with Gasteiger partial charge in [0.2, 0.25) is 11.7 Å². The first-order valence-electron chi connectivity index (χ1n) is 6.46. The van der Waals surface area contributed by atoms with Crippen molar-refractivity contribution in [2.45, 2.75) is 32.9 Å². The van der Waals surface area contributed by atoms with Crippen LogP contribution < -0.4 is 15.2 Å². The number of rotatable bonds is 6. The van der Waals surface area contributed by atoms with Crippen LogP contribution in [-0.2, 0) is 13.2 Å². The molecule has 20 heavy (non-hydrogen) atoms. The van der Waals surface area contributed by atoms with Crippen LogP contribution in [0.15, 0.2) is 22.7 Å². The maximum absolute atomic E-state index is 5.70. The number of benzene rings is 1. The maximum Gasteiger partial charge on any atom is 0.229 e. The lowest BCUT2D eigenvalue weighted by atomic mass is 10.2. The van der Waals surface area contributed by atoms with Crippen LogP contribution in [0.25, 0.3) is 0 Å². The number of aromatic nitrogens is 2. The molecule has 0 atom stereocenters. The van der Waals surface area contributed by atoms with E-state index in [4.69, 9.17) is 19.7 Å². The Morgan fingerprint density at radius 1 is 1.35 bits per heavy atom. The molecular formula is C14H19N3O3. The molecule has 0 saturated heterocycles. The monoisotopic (exact) mass is 277 g/mol. The zero-order valence-corrected chi connectivity index (χ0v) is 11.9. The molecule has 0 amide bonds. The first-order valence-corrected chi connectivity index (χ1v) is 6.46. The Kier molecular flexibility index (Phi) is 4.57. The molecule has 1 heterocycles. The van der Waals surface area contributed by atoms with Crippen molar-refractivity contribution in [3.05, 3.63) is 35.5 Å². The van der Waals surface area contributed by atoms with Crippen molar-refractivity contribution in [3.8, 4) is 11.5 Å². The number of nitrogens with zero attached hydrogens (tertiary/aromatic N) is 2. The lowest BCUT2D eigenvalue weighted by Gasteiger charge is -2.10. The number of ether oxygens (including phenoxy) is 2. The third-order valence-corrected chi connectivity index (χ3v) is 2.83. The van der Waals surface area contributed by atoms with Gasteiger partial charge in [0.1, 0.15) is 11.5 Å². The van der Waals surface area contributed by atoms with E-state index in [2.05, 4.69) is 10.1 Å². The van der Waals surface area contributed by atoms with Crippen molar-refractivity contribution in [2.24, 2.45) is 5.73 Å². The average molecular weight is 277 g/mol. The van der Waals surface area contributed by atoms with Crippen LogP contribution >= 0.6 is 0 Å². The van der Waals surface area contributed by atoms with Gasteiger partial charge in [0.25, 0.3) is 0 Å². The first kappa shape index (κ1) is 14.3. The average Bonchev–Trinajstić information content (AvgIpc) is 2.93. The molecule has 1 aromatic carbocycles. The zero-order valence-electron chi connectivity index (χ0n) is 11.9. The summed E-state index contributed by atoms with van der Waals surface area (Å²) in [5.74, 6) is 2.70. The van der Waals surface area contributed by atoms with Gasteiger partial charge in [0.05, 0.1) is 7.11 Å². The van der Waals surface area contributed by atoms with Gasteiger partial charge in [-0.2, -0.15) is 4.98 Å². The molecule has 0 radical (unpaired) electrons. The van der Waals surface area contributed by atoms with Gasteiger partial charge in [0, 0.05) is 24.1 Å². The van der Waals surface area contributed by atoms with Crippen molar-refractivity contribution in [1.29, 1.82) is 0 Å². The number of hydrogen-bond donors (Lipinski definition) is 1. The minimum atomic E-state index is 0.202. The summed E-state index contributed by atoms with van der Waals surface area (Å²) in [6, 6.07) is 5.52. The van der Waals surface area contributed by atoms with Gasteiger partial charge in [-0.1, -0.05) is 25.1 Å². The van der Waals surface area contributed by atoms with Crippen molar-refractivity contribution < 1.29 is 14.0 Å². The summed E-state index contributed by atoms with van der Waals surface area (Å²) in [6.45, 7) is 4.61. The van der Waals surface area contributed by atoms with Gasteiger partial charge in [-0.25, -0.2) is 0 Å². The van der Waals surface area contributed by atoms with Gasteiger partial charge in [-0.15, -0.1) is 0 Å². The molecular weight excluding hydrogens is 258 g/mol. The summed E-state index contributed by atoms with van der Waals surface area (Å²) >= 11 is 0. The minimum Gasteiger partial charge on any atom is -0.497 e. The van der Waals surface area contributed by atoms with Crippen LogP contribution in [0.5, 0.6) is 11.5 Å². The van der Waals surface area contributed by atoms with Gasteiger partial charge >= 0.3 is 0 Å². The summed E-state index contributed by atoms with van der Waals surface area (Å²) in [5, 5.41) is 3.88. The second kappa shape index (κ2) is 6.38. The van der Waals surface area contributed by atoms with E-state index in [0.717, 1.165) is 5.56 Å². The van der Waals surface area contributed by atoms with E-state index in [9.17, 15) is 0 Å². The van der Waals surface area contributed by atoms with Crippen molar-refractivity contribution >= 4 is 0 Å². The summed E-state index contributed by atoms with van der Waals surface area (Å²) in [4.78, 5) is 4.26. The highest BCUT2D eigenvalue weighted by Gasteiger charge is 2.11. The second-order valence-corrected chi connectivity index (χ2v) is 4.67. The molecule has 0 fully saturated rings. The van der Waals surface area contributed by atoms with E-state index >= 15 is 0 Å². The van der Waals surface area contributed by atoms with Crippen LogP contribution in [0.3, 0.4) is 0 Å². The predicted octanol–water partition coefficient (Wildman–Crippen LogP) is 2.24. The molecule has 6 heteroatoms. The van der Waals surface area contributed by atoms with Crippen LogP contribution in [0, 0.1) is 0 Å². The van der Waals surface area contributed by atoms with E-state index < -0.39 is 0 Å². The molecule has 108 valence electrons. The highest BCUT2D eigenvalue weighted by atomic mass is 16.5. The van der Waals surface area contributed by atoms with Gasteiger partial charge in [0.15, 0.2) is 6.61 Å². The van der Waals surface area contributed by atoms with Crippen molar-refractivity contribution in [2.75, 3.05) is 7.11 Å². The second-order valence-electron chi connectivity index (χ2n) is 4.67. The Bertz CT molecular complexity index is 567. The standard InChI is InChI=1S/C14H19N3O3/c1-9(2)14-16-13(17-20-14)8-19-12-6-11(18-3)5-4-10(12)7-15/h4-6,9H,7-8,15H2,1-3H3. The molecule has 0 aliphatic heterocycles. The Labute approximate surface area is 117 Å². The number of hydrogen-bond acceptors (Lipinski definition) is 6. The summed E-state index contributed by atoms with van der Waals surface area (Å²) < 4.78 is 16.0. The fraction of sp³-hybridized carbons (Fsp3) is 0.429. The molecule has 2 N–H and O–H groups in total. The Hall–Kier alpha value is -2.08. The molecule has 1 aromatic heterocycles. The lowest BCUT2D eigenvalue weighted by Crippen LogP contribution is -2.04. The van der Waals surface area contributed by atoms with Crippen LogP contribution in [0.4, 0.5) is 0 Å². The van der Waals surface area contributed by atoms with Crippen LogP contribution in [0.2, 0.25) is 0 Å². The fourth-order valence-corrected chi connectivity index (χ4v) is 1.67. The van der Waals surface area contributed by atoms with E-state index in [1.807, 2.05) is 26.0 Å². The normalized spacial score (nSPS) is 10.8. The van der Waals surface area contributed by atoms with E-state index in [1.54, 1.807) is 13.2 Å². The molecule has 0 spiro atoms. The Morgan fingerprint density at radius 3 is 2.75 bits per heavy atom. The highest BCUT2D eigenvalue weighted by molar-refractivity contribution is 5.40. The number of nitrogens with two attached hydrogens (primary N) is 1. The molecule has 0 saturated carbocycles. The lowest BCUT2D eigenvalue weighted by molar-refractivity contribution is 0.280. The highest BCUT2D eigenvalue weighted by Crippen LogP contribution is 2.25. The molecule has 6 nitrogen and oxygen atoms in total. The zero-order chi connectivity index (χ0) is 14.5. The molecule has 2 rings (SSSR count). The summed E-state index contributed by atoms with van der Waals surface area (Å²) in [5.41, 5.74) is 6.59. The van der Waals surface area contributed by atoms with E-state index in [0.29, 0.717) is 29.8 Å². The fourth-order valence-electron chi connectivity index (χ4n) is 1.67. The summed E-state index contributed by atoms with van der Waals surface area (Å²) in [7, 11) is 1.61. The molecule has 0 aliphatic carbocycles. The molecule has 0 bridgehead atoms. The number of methoxy groups -OCH3 is 1. The SMILES string of the molecule is COc1ccc(CN)c(OCc2noc(C(C)C)n2)c1.